The summed E-state index contributed by atoms with van der Waals surface area (Å²) in [5.74, 6) is -0.747. The summed E-state index contributed by atoms with van der Waals surface area (Å²) in [6, 6.07) is 5.71. The van der Waals surface area contributed by atoms with Gasteiger partial charge in [0.2, 0.25) is 0 Å². The zero-order chi connectivity index (χ0) is 16.6. The van der Waals surface area contributed by atoms with Crippen LogP contribution in [0.5, 0.6) is 0 Å². The van der Waals surface area contributed by atoms with Crippen molar-refractivity contribution in [3.8, 4) is 0 Å². The molecule has 0 aromatic heterocycles. The predicted octanol–water partition coefficient (Wildman–Crippen LogP) is 1.87. The number of carbonyl (C=O) groups excluding carboxylic acids is 1. The lowest BCUT2D eigenvalue weighted by atomic mass is 10.2. The zero-order valence-electron chi connectivity index (χ0n) is 12.4. The zero-order valence-corrected chi connectivity index (χ0v) is 13.3. The molecule has 1 N–H and O–H groups in total. The van der Waals surface area contributed by atoms with Crippen molar-refractivity contribution in [1.29, 1.82) is 0 Å². The minimum absolute atomic E-state index is 0.0679. The fourth-order valence-electron chi connectivity index (χ4n) is 1.62. The van der Waals surface area contributed by atoms with E-state index in [4.69, 9.17) is 9.02 Å². The molecule has 0 amide bonds. The van der Waals surface area contributed by atoms with Crippen LogP contribution in [0.2, 0.25) is 0 Å². The fraction of sp³-hybridized carbons (Fsp3) is 0.357. The van der Waals surface area contributed by atoms with Gasteiger partial charge in [0.15, 0.2) is 6.10 Å². The van der Waals surface area contributed by atoms with Crippen molar-refractivity contribution < 1.29 is 27.0 Å². The molecule has 122 valence electrons. The second kappa shape index (κ2) is 8.52. The van der Waals surface area contributed by atoms with Gasteiger partial charge in [0.1, 0.15) is 0 Å². The van der Waals surface area contributed by atoms with Crippen molar-refractivity contribution in [1.82, 2.24) is 0 Å². The van der Waals surface area contributed by atoms with E-state index < -0.39 is 22.2 Å². The van der Waals surface area contributed by atoms with E-state index in [0.29, 0.717) is 12.1 Å². The number of hydrogen-bond acceptors (Lipinski definition) is 7. The summed E-state index contributed by atoms with van der Waals surface area (Å²) in [5, 5.41) is 0. The van der Waals surface area contributed by atoms with E-state index in [1.807, 2.05) is 0 Å². The molecule has 0 heterocycles. The molecule has 0 aliphatic rings. The number of nitrogens with one attached hydrogen (secondary N) is 1. The van der Waals surface area contributed by atoms with Gasteiger partial charge in [0.25, 0.3) is 10.1 Å². The summed E-state index contributed by atoms with van der Waals surface area (Å²) in [5.41, 5.74) is 3.14. The maximum atomic E-state index is 12.2. The third-order valence-corrected chi connectivity index (χ3v) is 4.04. The lowest BCUT2D eigenvalue weighted by Gasteiger charge is -2.15. The lowest BCUT2D eigenvalue weighted by Crippen LogP contribution is -2.28. The average molecular weight is 329 g/mol. The molecule has 0 aliphatic carbocycles. The van der Waals surface area contributed by atoms with Gasteiger partial charge in [-0.2, -0.15) is 8.42 Å². The van der Waals surface area contributed by atoms with Crippen molar-refractivity contribution in [2.24, 2.45) is 0 Å². The van der Waals surface area contributed by atoms with E-state index >= 15 is 0 Å². The number of anilines is 1. The highest BCUT2D eigenvalue weighted by Gasteiger charge is 2.27. The van der Waals surface area contributed by atoms with Gasteiger partial charge < -0.3 is 4.74 Å². The number of esters is 1. The SMILES string of the molecule is C=CCC[C@@H](OS(=O)(=O)c1ccc(NOC)cc1)C(=O)OC. The smallest absolute Gasteiger partial charge is 0.336 e. The molecule has 0 bridgehead atoms. The first-order valence-corrected chi connectivity index (χ1v) is 7.86. The third kappa shape index (κ3) is 5.14. The highest BCUT2D eigenvalue weighted by Crippen LogP contribution is 2.19. The van der Waals surface area contributed by atoms with Crippen LogP contribution < -0.4 is 5.48 Å². The first-order chi connectivity index (χ1) is 10.4. The minimum Gasteiger partial charge on any atom is -0.467 e. The van der Waals surface area contributed by atoms with Gasteiger partial charge in [-0.1, -0.05) is 6.08 Å². The van der Waals surface area contributed by atoms with Crippen LogP contribution >= 0.6 is 0 Å². The number of carbonyl (C=O) groups is 1. The molecule has 22 heavy (non-hydrogen) atoms. The van der Waals surface area contributed by atoms with Gasteiger partial charge in [0.05, 0.1) is 24.8 Å². The molecule has 1 aromatic rings. The molecule has 0 saturated heterocycles. The maximum absolute atomic E-state index is 12.2. The monoisotopic (exact) mass is 329 g/mol. The molecular weight excluding hydrogens is 310 g/mol. The van der Waals surface area contributed by atoms with E-state index in [0.717, 1.165) is 0 Å². The summed E-state index contributed by atoms with van der Waals surface area (Å²) in [6.45, 7) is 3.52. The van der Waals surface area contributed by atoms with Crippen LogP contribution in [0.25, 0.3) is 0 Å². The van der Waals surface area contributed by atoms with Crippen molar-refractivity contribution in [3.63, 3.8) is 0 Å². The van der Waals surface area contributed by atoms with Crippen LogP contribution in [-0.2, 0) is 28.7 Å². The minimum atomic E-state index is -4.08. The summed E-state index contributed by atoms with van der Waals surface area (Å²) in [4.78, 5) is 16.2. The number of hydrogen-bond donors (Lipinski definition) is 1. The average Bonchev–Trinajstić information content (AvgIpc) is 2.51. The maximum Gasteiger partial charge on any atom is 0.336 e. The van der Waals surface area contributed by atoms with Crippen LogP contribution in [0.15, 0.2) is 41.8 Å². The van der Waals surface area contributed by atoms with Crippen LogP contribution in [0.4, 0.5) is 5.69 Å². The molecular formula is C14H19NO6S. The normalized spacial score (nSPS) is 12.5. The molecule has 0 unspecified atom stereocenters. The van der Waals surface area contributed by atoms with Crippen LogP contribution in [-0.4, -0.2) is 34.7 Å². The molecule has 0 spiro atoms. The number of ether oxygens (including phenoxy) is 1. The van der Waals surface area contributed by atoms with Crippen LogP contribution in [0, 0.1) is 0 Å². The van der Waals surface area contributed by atoms with Crippen LogP contribution in [0.1, 0.15) is 12.8 Å². The lowest BCUT2D eigenvalue weighted by molar-refractivity contribution is -0.148. The fourth-order valence-corrected chi connectivity index (χ4v) is 2.68. The van der Waals surface area contributed by atoms with Gasteiger partial charge >= 0.3 is 5.97 Å². The number of methoxy groups -OCH3 is 1. The Balaban J connectivity index is 2.90. The van der Waals surface area contributed by atoms with E-state index in [9.17, 15) is 13.2 Å². The second-order valence-corrected chi connectivity index (χ2v) is 5.83. The van der Waals surface area contributed by atoms with Crippen molar-refractivity contribution in [2.45, 2.75) is 23.8 Å². The van der Waals surface area contributed by atoms with Crippen molar-refractivity contribution >= 4 is 21.8 Å². The van der Waals surface area contributed by atoms with Gasteiger partial charge in [0, 0.05) is 0 Å². The highest BCUT2D eigenvalue weighted by atomic mass is 32.2. The predicted molar refractivity (Wildman–Crippen MR) is 80.6 cm³/mol. The Bertz CT molecular complexity index is 596. The molecule has 0 saturated carbocycles. The molecule has 1 rings (SSSR count). The Hall–Kier alpha value is -1.90. The summed E-state index contributed by atoms with van der Waals surface area (Å²) in [6.07, 6.45) is 0.951. The van der Waals surface area contributed by atoms with Crippen molar-refractivity contribution in [2.75, 3.05) is 19.7 Å². The first-order valence-electron chi connectivity index (χ1n) is 6.45. The summed E-state index contributed by atoms with van der Waals surface area (Å²) >= 11 is 0. The molecule has 1 aromatic carbocycles. The molecule has 7 nitrogen and oxygen atoms in total. The van der Waals surface area contributed by atoms with Crippen LogP contribution in [0.3, 0.4) is 0 Å². The largest absolute Gasteiger partial charge is 0.467 e. The first kappa shape index (κ1) is 18.1. The summed E-state index contributed by atoms with van der Waals surface area (Å²) < 4.78 is 33.9. The Morgan fingerprint density at radius 1 is 1.32 bits per heavy atom. The molecule has 0 radical (unpaired) electrons. The summed E-state index contributed by atoms with van der Waals surface area (Å²) in [7, 11) is -1.47. The van der Waals surface area contributed by atoms with Crippen molar-refractivity contribution in [3.05, 3.63) is 36.9 Å². The van der Waals surface area contributed by atoms with Gasteiger partial charge in [-0.05, 0) is 37.1 Å². The van der Waals surface area contributed by atoms with E-state index in [1.165, 1.54) is 38.5 Å². The van der Waals surface area contributed by atoms with Gasteiger partial charge in [-0.15, -0.1) is 6.58 Å². The van der Waals surface area contributed by atoms with E-state index in [1.54, 1.807) is 6.08 Å². The molecule has 1 atom stereocenters. The van der Waals surface area contributed by atoms with Gasteiger partial charge in [-0.3, -0.25) is 14.5 Å². The Labute approximate surface area is 130 Å². The number of rotatable bonds is 9. The quantitative estimate of drug-likeness (QED) is 0.320. The number of allylic oxidation sites excluding steroid dienone is 1. The second-order valence-electron chi connectivity index (χ2n) is 4.26. The highest BCUT2D eigenvalue weighted by molar-refractivity contribution is 7.86. The molecule has 0 fully saturated rings. The van der Waals surface area contributed by atoms with E-state index in [-0.39, 0.29) is 11.3 Å². The Morgan fingerprint density at radius 3 is 2.45 bits per heavy atom. The Kier molecular flexibility index (Phi) is 7.03. The Morgan fingerprint density at radius 2 is 1.95 bits per heavy atom. The number of benzene rings is 1. The third-order valence-electron chi connectivity index (χ3n) is 2.70. The van der Waals surface area contributed by atoms with Gasteiger partial charge in [-0.25, -0.2) is 4.79 Å². The molecule has 0 aliphatic heterocycles. The molecule has 8 heteroatoms. The van der Waals surface area contributed by atoms with E-state index in [2.05, 4.69) is 16.8 Å². The topological polar surface area (TPSA) is 90.9 Å². The standard InChI is InChI=1S/C14H19NO6S/c1-4-5-6-13(14(16)19-2)21-22(17,18)12-9-7-11(8-10-12)15-20-3/h4,7-10,13,15H,1,5-6H2,2-3H3/t13-/m1/s1.